The van der Waals surface area contributed by atoms with E-state index in [2.05, 4.69) is 39.0 Å². The highest BCUT2D eigenvalue weighted by molar-refractivity contribution is 5.45. The standard InChI is InChI=1S/C28H48O6/c1-4-6-7-8-9-10-13-28(3,5-2)25-11-12-26-27(24-25)34-23-21-32-19-17-30-15-14-29-16-18-31-20-22-33-26/h11-12,24H,4-10,13-23H2,1-3H3. The van der Waals surface area contributed by atoms with Gasteiger partial charge in [-0.05, 0) is 36.0 Å². The summed E-state index contributed by atoms with van der Waals surface area (Å²) in [6.07, 6.45) is 10.2. The Hall–Kier alpha value is -1.34. The van der Waals surface area contributed by atoms with Gasteiger partial charge in [-0.3, -0.25) is 0 Å². The molecule has 0 saturated heterocycles. The van der Waals surface area contributed by atoms with Crippen molar-refractivity contribution in [1.29, 1.82) is 0 Å². The molecule has 0 amide bonds. The minimum absolute atomic E-state index is 0.131. The second kappa shape index (κ2) is 18.0. The first-order chi connectivity index (χ1) is 16.7. The summed E-state index contributed by atoms with van der Waals surface area (Å²) in [5, 5.41) is 0. The van der Waals surface area contributed by atoms with Gasteiger partial charge in [0.1, 0.15) is 13.2 Å². The van der Waals surface area contributed by atoms with E-state index in [1.54, 1.807) is 0 Å². The maximum absolute atomic E-state index is 6.13. The molecule has 196 valence electrons. The second-order valence-corrected chi connectivity index (χ2v) is 9.24. The van der Waals surface area contributed by atoms with Crippen LogP contribution in [0, 0.1) is 0 Å². The zero-order valence-corrected chi connectivity index (χ0v) is 21.9. The molecule has 1 atom stereocenters. The molecule has 1 aliphatic heterocycles. The van der Waals surface area contributed by atoms with Crippen LogP contribution in [0.1, 0.15) is 77.7 Å². The van der Waals surface area contributed by atoms with Crippen LogP contribution in [-0.4, -0.2) is 66.1 Å². The fourth-order valence-corrected chi connectivity index (χ4v) is 4.12. The highest BCUT2D eigenvalue weighted by Gasteiger charge is 2.25. The minimum atomic E-state index is 0.131. The molecule has 1 heterocycles. The van der Waals surface area contributed by atoms with Gasteiger partial charge in [0.2, 0.25) is 0 Å². The quantitative estimate of drug-likeness (QED) is 0.408. The van der Waals surface area contributed by atoms with Crippen molar-refractivity contribution in [2.75, 3.05) is 66.1 Å². The molecule has 0 radical (unpaired) electrons. The molecule has 0 saturated carbocycles. The number of fused-ring (bicyclic) bond motifs is 1. The number of hydrogen-bond donors (Lipinski definition) is 0. The lowest BCUT2D eigenvalue weighted by Gasteiger charge is -2.30. The normalized spacial score (nSPS) is 19.0. The van der Waals surface area contributed by atoms with Crippen LogP contribution in [0.25, 0.3) is 0 Å². The van der Waals surface area contributed by atoms with E-state index in [0.717, 1.165) is 17.9 Å². The molecule has 1 aliphatic rings. The Balaban J connectivity index is 2.00. The summed E-state index contributed by atoms with van der Waals surface area (Å²) in [7, 11) is 0. The van der Waals surface area contributed by atoms with E-state index < -0.39 is 0 Å². The minimum Gasteiger partial charge on any atom is -0.487 e. The van der Waals surface area contributed by atoms with Gasteiger partial charge in [0.05, 0.1) is 52.9 Å². The number of ether oxygens (including phenoxy) is 6. The molecule has 6 heteroatoms. The van der Waals surface area contributed by atoms with Crippen LogP contribution in [-0.2, 0) is 24.4 Å². The van der Waals surface area contributed by atoms with Crippen LogP contribution in [0.15, 0.2) is 18.2 Å². The number of benzene rings is 1. The first-order valence-electron chi connectivity index (χ1n) is 13.4. The summed E-state index contributed by atoms with van der Waals surface area (Å²) in [5.74, 6) is 1.54. The van der Waals surface area contributed by atoms with Gasteiger partial charge in [0, 0.05) is 0 Å². The van der Waals surface area contributed by atoms with Gasteiger partial charge in [0.15, 0.2) is 11.5 Å². The summed E-state index contributed by atoms with van der Waals surface area (Å²) in [4.78, 5) is 0. The molecule has 6 nitrogen and oxygen atoms in total. The van der Waals surface area contributed by atoms with Crippen molar-refractivity contribution < 1.29 is 28.4 Å². The SMILES string of the molecule is CCCCCCCCC(C)(CC)c1ccc2c(c1)OCCOCCOCCOCCOCCO2. The summed E-state index contributed by atoms with van der Waals surface area (Å²) in [5.41, 5.74) is 1.45. The Morgan fingerprint density at radius 3 is 1.68 bits per heavy atom. The number of rotatable bonds is 9. The second-order valence-electron chi connectivity index (χ2n) is 9.24. The maximum Gasteiger partial charge on any atom is 0.161 e. The van der Waals surface area contributed by atoms with Gasteiger partial charge >= 0.3 is 0 Å². The van der Waals surface area contributed by atoms with Crippen molar-refractivity contribution >= 4 is 0 Å². The van der Waals surface area contributed by atoms with E-state index >= 15 is 0 Å². The lowest BCUT2D eigenvalue weighted by Crippen LogP contribution is -2.21. The number of unbranched alkanes of at least 4 members (excludes halogenated alkanes) is 5. The highest BCUT2D eigenvalue weighted by Crippen LogP contribution is 2.38. The van der Waals surface area contributed by atoms with Crippen molar-refractivity contribution in [3.8, 4) is 11.5 Å². The predicted molar refractivity (Wildman–Crippen MR) is 136 cm³/mol. The average Bonchev–Trinajstić information content (AvgIpc) is 2.85. The fourth-order valence-electron chi connectivity index (χ4n) is 4.12. The molecule has 1 aromatic carbocycles. The summed E-state index contributed by atoms with van der Waals surface area (Å²) in [6, 6.07) is 6.43. The Labute approximate surface area is 207 Å². The first-order valence-corrected chi connectivity index (χ1v) is 13.4. The molecular weight excluding hydrogens is 432 g/mol. The molecular formula is C28H48O6. The number of hydrogen-bond acceptors (Lipinski definition) is 6. The predicted octanol–water partition coefficient (Wildman–Crippen LogP) is 5.94. The van der Waals surface area contributed by atoms with Crippen molar-refractivity contribution in [3.05, 3.63) is 23.8 Å². The Morgan fingerprint density at radius 1 is 0.618 bits per heavy atom. The molecule has 1 unspecified atom stereocenters. The molecule has 0 aromatic heterocycles. The van der Waals surface area contributed by atoms with Gasteiger partial charge in [-0.1, -0.05) is 65.4 Å². The van der Waals surface area contributed by atoms with E-state index in [9.17, 15) is 0 Å². The smallest absolute Gasteiger partial charge is 0.161 e. The van der Waals surface area contributed by atoms with E-state index in [0.29, 0.717) is 66.1 Å². The van der Waals surface area contributed by atoms with Crippen molar-refractivity contribution in [1.82, 2.24) is 0 Å². The van der Waals surface area contributed by atoms with Crippen molar-refractivity contribution in [2.24, 2.45) is 0 Å². The molecule has 34 heavy (non-hydrogen) atoms. The molecule has 0 aliphatic carbocycles. The summed E-state index contributed by atoms with van der Waals surface area (Å²) in [6.45, 7) is 12.2. The largest absolute Gasteiger partial charge is 0.487 e. The monoisotopic (exact) mass is 480 g/mol. The third kappa shape index (κ3) is 11.4. The summed E-state index contributed by atoms with van der Waals surface area (Å²) < 4.78 is 34.4. The molecule has 0 fully saturated rings. The summed E-state index contributed by atoms with van der Waals surface area (Å²) >= 11 is 0. The van der Waals surface area contributed by atoms with Crippen LogP contribution >= 0.6 is 0 Å². The van der Waals surface area contributed by atoms with Gasteiger partial charge in [-0.25, -0.2) is 0 Å². The highest BCUT2D eigenvalue weighted by atomic mass is 16.6. The van der Waals surface area contributed by atoms with Crippen molar-refractivity contribution in [2.45, 2.75) is 77.6 Å². The van der Waals surface area contributed by atoms with Crippen LogP contribution < -0.4 is 9.47 Å². The Kier molecular flexibility index (Phi) is 15.3. The van der Waals surface area contributed by atoms with Crippen LogP contribution in [0.5, 0.6) is 11.5 Å². The topological polar surface area (TPSA) is 55.4 Å². The molecule has 0 spiro atoms. The zero-order valence-electron chi connectivity index (χ0n) is 21.9. The van der Waals surface area contributed by atoms with Crippen LogP contribution in [0.3, 0.4) is 0 Å². The molecule has 0 N–H and O–H groups in total. The lowest BCUT2D eigenvalue weighted by atomic mass is 9.76. The van der Waals surface area contributed by atoms with E-state index in [-0.39, 0.29) is 5.41 Å². The Bertz CT molecular complexity index is 637. The van der Waals surface area contributed by atoms with Gasteiger partial charge in [-0.2, -0.15) is 0 Å². The maximum atomic E-state index is 6.13. The Morgan fingerprint density at radius 2 is 1.12 bits per heavy atom. The van der Waals surface area contributed by atoms with Gasteiger partial charge in [-0.15, -0.1) is 0 Å². The fraction of sp³-hybridized carbons (Fsp3) is 0.786. The zero-order chi connectivity index (χ0) is 24.3. The van der Waals surface area contributed by atoms with Gasteiger partial charge < -0.3 is 28.4 Å². The molecule has 0 bridgehead atoms. The third-order valence-electron chi connectivity index (χ3n) is 6.59. The van der Waals surface area contributed by atoms with E-state index in [1.807, 2.05) is 0 Å². The first kappa shape index (κ1) is 28.9. The molecule has 2 rings (SSSR count). The third-order valence-corrected chi connectivity index (χ3v) is 6.59. The molecule has 1 aromatic rings. The van der Waals surface area contributed by atoms with E-state index in [1.165, 1.54) is 50.5 Å². The van der Waals surface area contributed by atoms with Gasteiger partial charge in [0.25, 0.3) is 0 Å². The van der Waals surface area contributed by atoms with E-state index in [4.69, 9.17) is 28.4 Å². The van der Waals surface area contributed by atoms with Crippen molar-refractivity contribution in [3.63, 3.8) is 0 Å². The lowest BCUT2D eigenvalue weighted by molar-refractivity contribution is -0.00842. The van der Waals surface area contributed by atoms with Crippen LogP contribution in [0.2, 0.25) is 0 Å². The average molecular weight is 481 g/mol. The van der Waals surface area contributed by atoms with Crippen LogP contribution in [0.4, 0.5) is 0 Å².